The van der Waals surface area contributed by atoms with Crippen LogP contribution in [0.15, 0.2) is 59.7 Å². The third-order valence-electron chi connectivity index (χ3n) is 7.01. The molecule has 4 bridgehead atoms. The number of amides is 4. The Morgan fingerprint density at radius 2 is 1.03 bits per heavy atom. The van der Waals surface area contributed by atoms with Crippen LogP contribution in [0.5, 0.6) is 0 Å². The number of benzene rings is 2. The number of thiocarbonyl (C=S) groups is 2. The molecule has 0 spiro atoms. The number of carbonyl (C=O) groups is 4. The molecule has 2 unspecified atom stereocenters. The molecule has 8 heteroatoms. The summed E-state index contributed by atoms with van der Waals surface area (Å²) in [7, 11) is 0. The predicted molar refractivity (Wildman–Crippen MR) is 138 cm³/mol. The Bertz CT molecular complexity index is 1360. The molecule has 0 radical (unpaired) electrons. The van der Waals surface area contributed by atoms with Crippen molar-refractivity contribution in [2.45, 2.75) is 18.3 Å². The Labute approximate surface area is 211 Å². The third-order valence-corrected chi connectivity index (χ3v) is 7.92. The Morgan fingerprint density at radius 3 is 1.46 bits per heavy atom. The number of imide groups is 2. The number of fused-ring (bicyclic) bond motifs is 8. The summed E-state index contributed by atoms with van der Waals surface area (Å²) in [4.78, 5) is 55.9. The zero-order valence-electron chi connectivity index (χ0n) is 18.4. The number of likely N-dealkylation sites (tertiary alicyclic amines) is 2. The monoisotopic (exact) mass is 498 g/mol. The van der Waals surface area contributed by atoms with Crippen molar-refractivity contribution < 1.29 is 19.2 Å². The topological polar surface area (TPSA) is 74.8 Å². The lowest BCUT2D eigenvalue weighted by Gasteiger charge is -2.38. The molecule has 0 N–H and O–H groups in total. The molecule has 2 heterocycles. The van der Waals surface area contributed by atoms with Gasteiger partial charge in [0, 0.05) is 22.8 Å². The van der Waals surface area contributed by atoms with Gasteiger partial charge >= 0.3 is 0 Å². The van der Waals surface area contributed by atoms with Gasteiger partial charge in [-0.3, -0.25) is 29.0 Å². The van der Waals surface area contributed by atoms with Crippen molar-refractivity contribution in [3.05, 3.63) is 81.9 Å². The molecular formula is C27H18N2O4S2. The Balaban J connectivity index is 1.22. The van der Waals surface area contributed by atoms with Gasteiger partial charge in [0.1, 0.15) is 11.8 Å². The molecule has 2 saturated heterocycles. The number of hydrogen-bond acceptors (Lipinski definition) is 6. The molecule has 0 saturated carbocycles. The molecule has 6 rings (SSSR count). The van der Waals surface area contributed by atoms with E-state index in [1.807, 2.05) is 48.5 Å². The fraction of sp³-hybridized carbons (Fsp3) is 0.185. The van der Waals surface area contributed by atoms with E-state index in [4.69, 9.17) is 24.4 Å². The molecule has 2 aliphatic carbocycles. The number of piperidine rings is 2. The highest BCUT2D eigenvalue weighted by Crippen LogP contribution is 2.39. The third kappa shape index (κ3) is 3.13. The fourth-order valence-electron chi connectivity index (χ4n) is 5.29. The van der Waals surface area contributed by atoms with Crippen LogP contribution in [-0.4, -0.2) is 56.2 Å². The average Bonchev–Trinajstić information content (AvgIpc) is 2.85. The summed E-state index contributed by atoms with van der Waals surface area (Å²) in [5, 5.41) is 0. The van der Waals surface area contributed by atoms with Gasteiger partial charge in [0.25, 0.3) is 11.8 Å². The second-order valence-corrected chi connectivity index (χ2v) is 9.79. The van der Waals surface area contributed by atoms with E-state index < -0.39 is 23.7 Å². The molecule has 6 nitrogen and oxygen atoms in total. The highest BCUT2D eigenvalue weighted by Gasteiger charge is 2.47. The molecule has 2 atom stereocenters. The van der Waals surface area contributed by atoms with E-state index in [1.54, 1.807) is 12.2 Å². The molecule has 2 aliphatic heterocycles. The first kappa shape index (κ1) is 21.9. The van der Waals surface area contributed by atoms with Crippen LogP contribution in [0.1, 0.15) is 40.5 Å². The maximum atomic E-state index is 13.3. The molecule has 35 heavy (non-hydrogen) atoms. The lowest BCUT2D eigenvalue weighted by molar-refractivity contribution is -0.143. The van der Waals surface area contributed by atoms with E-state index in [9.17, 15) is 19.2 Å². The van der Waals surface area contributed by atoms with E-state index in [-0.39, 0.29) is 31.3 Å². The lowest BCUT2D eigenvalue weighted by Crippen LogP contribution is -2.53. The van der Waals surface area contributed by atoms with Crippen molar-refractivity contribution in [2.75, 3.05) is 13.1 Å². The number of carbonyl (C=O) groups excluding carboxylic acids is 4. The van der Waals surface area contributed by atoms with Crippen LogP contribution < -0.4 is 0 Å². The average molecular weight is 499 g/mol. The maximum absolute atomic E-state index is 13.3. The molecule has 0 aromatic heterocycles. The summed E-state index contributed by atoms with van der Waals surface area (Å²) in [6, 6.07) is 14.8. The Kier molecular flexibility index (Phi) is 4.98. The standard InChI is InChI=1S/C27H18N2O4S2/c30-24-18-12-14-6-1-3-8-16(14)20(22(18)34)26(32)28(24)10-5-11-29-25(31)19-13-15-7-2-4-9-17(15)21(23(19)35)27(29)33/h1-4,6-9,12-13,20-21H,5,10-11H2. The summed E-state index contributed by atoms with van der Waals surface area (Å²) in [5.41, 5.74) is 3.94. The molecule has 4 amide bonds. The van der Waals surface area contributed by atoms with Gasteiger partial charge < -0.3 is 0 Å². The van der Waals surface area contributed by atoms with Gasteiger partial charge in [-0.1, -0.05) is 73.0 Å². The van der Waals surface area contributed by atoms with Gasteiger partial charge in [-0.15, -0.1) is 0 Å². The van der Waals surface area contributed by atoms with Crippen LogP contribution in [0.25, 0.3) is 12.2 Å². The summed E-state index contributed by atoms with van der Waals surface area (Å²) in [5.74, 6) is -2.94. The van der Waals surface area contributed by atoms with E-state index in [1.165, 1.54) is 9.80 Å². The fourth-order valence-corrected chi connectivity index (χ4v) is 6.04. The molecule has 2 fully saturated rings. The number of hydrogen-bond donors (Lipinski definition) is 0. The van der Waals surface area contributed by atoms with E-state index in [0.29, 0.717) is 20.9 Å². The first-order valence-electron chi connectivity index (χ1n) is 11.3. The first-order valence-corrected chi connectivity index (χ1v) is 12.1. The second-order valence-electron chi connectivity index (χ2n) is 8.91. The summed E-state index contributed by atoms with van der Waals surface area (Å²) in [6.07, 6.45) is 3.73. The summed E-state index contributed by atoms with van der Waals surface area (Å²) >= 11 is 10.9. The van der Waals surface area contributed by atoms with Crippen molar-refractivity contribution in [1.29, 1.82) is 0 Å². The molecular weight excluding hydrogens is 480 g/mol. The second kappa shape index (κ2) is 7.96. The highest BCUT2D eigenvalue weighted by molar-refractivity contribution is 7.81. The highest BCUT2D eigenvalue weighted by atomic mass is 32.1. The number of rotatable bonds is 4. The SMILES string of the molecule is O=C1C2=Cc3ccccc3C(C(=O)N1CCCN1C(=O)C3=Cc4ccccc4C(C1=O)C3=S)C2=S. The van der Waals surface area contributed by atoms with Gasteiger partial charge in [0.2, 0.25) is 11.8 Å². The minimum atomic E-state index is -0.671. The van der Waals surface area contributed by atoms with Gasteiger partial charge in [0.05, 0.1) is 11.1 Å². The van der Waals surface area contributed by atoms with Crippen LogP contribution in [-0.2, 0) is 19.2 Å². The predicted octanol–water partition coefficient (Wildman–Crippen LogP) is 3.22. The largest absolute Gasteiger partial charge is 0.278 e. The van der Waals surface area contributed by atoms with Gasteiger partial charge in [-0.25, -0.2) is 0 Å². The van der Waals surface area contributed by atoms with Crippen LogP contribution in [0.2, 0.25) is 0 Å². The zero-order chi connectivity index (χ0) is 24.4. The van der Waals surface area contributed by atoms with Gasteiger partial charge in [-0.2, -0.15) is 0 Å². The molecule has 2 aromatic rings. The quantitative estimate of drug-likeness (QED) is 0.476. The van der Waals surface area contributed by atoms with Crippen LogP contribution in [0.3, 0.4) is 0 Å². The van der Waals surface area contributed by atoms with Crippen molar-refractivity contribution in [1.82, 2.24) is 9.80 Å². The van der Waals surface area contributed by atoms with Crippen molar-refractivity contribution in [3.8, 4) is 0 Å². The van der Waals surface area contributed by atoms with E-state index in [2.05, 4.69) is 0 Å². The smallest absolute Gasteiger partial charge is 0.261 e. The van der Waals surface area contributed by atoms with Gasteiger partial charge in [0.15, 0.2) is 0 Å². The lowest BCUT2D eigenvalue weighted by atomic mass is 9.78. The zero-order valence-corrected chi connectivity index (χ0v) is 20.0. The summed E-state index contributed by atoms with van der Waals surface area (Å²) in [6.45, 7) is 0.163. The Morgan fingerprint density at radius 1 is 0.629 bits per heavy atom. The van der Waals surface area contributed by atoms with E-state index in [0.717, 1.165) is 22.3 Å². The summed E-state index contributed by atoms with van der Waals surface area (Å²) < 4.78 is 0. The Hall–Kier alpha value is -3.62. The normalized spacial score (nSPS) is 22.6. The van der Waals surface area contributed by atoms with Crippen molar-refractivity contribution in [2.24, 2.45) is 0 Å². The maximum Gasteiger partial charge on any atom is 0.261 e. The molecule has 172 valence electrons. The van der Waals surface area contributed by atoms with Crippen LogP contribution >= 0.6 is 24.4 Å². The van der Waals surface area contributed by atoms with Gasteiger partial charge in [-0.05, 0) is 40.8 Å². The first-order chi connectivity index (χ1) is 16.9. The van der Waals surface area contributed by atoms with Crippen molar-refractivity contribution >= 4 is 69.9 Å². The van der Waals surface area contributed by atoms with Crippen molar-refractivity contribution in [3.63, 3.8) is 0 Å². The minimum Gasteiger partial charge on any atom is -0.278 e. The van der Waals surface area contributed by atoms with Crippen LogP contribution in [0.4, 0.5) is 0 Å². The number of nitrogens with zero attached hydrogens (tertiary/aromatic N) is 2. The molecule has 2 aromatic carbocycles. The van der Waals surface area contributed by atoms with Crippen LogP contribution in [0, 0.1) is 0 Å². The van der Waals surface area contributed by atoms with E-state index >= 15 is 0 Å². The molecule has 4 aliphatic rings. The minimum absolute atomic E-state index is 0.0814.